The van der Waals surface area contributed by atoms with Crippen LogP contribution in [0, 0.1) is 0 Å². The van der Waals surface area contributed by atoms with Crippen molar-refractivity contribution in [3.63, 3.8) is 0 Å². The van der Waals surface area contributed by atoms with Gasteiger partial charge in [0.2, 0.25) is 5.91 Å². The largest absolute Gasteiger partial charge is 0.465 e. The van der Waals surface area contributed by atoms with E-state index in [1.807, 2.05) is 0 Å². The Labute approximate surface area is 63.8 Å². The highest BCUT2D eigenvalue weighted by molar-refractivity contribution is 5.84. The zero-order valence-electron chi connectivity index (χ0n) is 5.99. The predicted octanol–water partition coefficient (Wildman–Crippen LogP) is -0.386. The molecule has 1 aliphatic rings. The molecule has 0 unspecified atom stereocenters. The standard InChI is InChI=1S/C6H10N2O3/c7-5(9)4-2-1-3-8(4)6(10)11/h4H,1-3H2,(H2,7,9)(H,10,11)/t4-/m1/s1. The topological polar surface area (TPSA) is 83.6 Å². The Morgan fingerprint density at radius 3 is 2.55 bits per heavy atom. The van der Waals surface area contributed by atoms with Gasteiger partial charge in [0.05, 0.1) is 0 Å². The van der Waals surface area contributed by atoms with Crippen molar-refractivity contribution < 1.29 is 14.7 Å². The molecule has 3 N–H and O–H groups in total. The highest BCUT2D eigenvalue weighted by Crippen LogP contribution is 2.16. The summed E-state index contributed by atoms with van der Waals surface area (Å²) in [6.07, 6.45) is 0.216. The molecule has 0 bridgehead atoms. The summed E-state index contributed by atoms with van der Waals surface area (Å²) in [5.74, 6) is -0.551. The maximum Gasteiger partial charge on any atom is 0.407 e. The fourth-order valence-electron chi connectivity index (χ4n) is 1.29. The van der Waals surface area contributed by atoms with E-state index >= 15 is 0 Å². The Balaban J connectivity index is 2.65. The van der Waals surface area contributed by atoms with Gasteiger partial charge >= 0.3 is 6.09 Å². The molecule has 1 rings (SSSR count). The monoisotopic (exact) mass is 158 g/mol. The first-order valence-electron chi connectivity index (χ1n) is 3.42. The normalized spacial score (nSPS) is 23.6. The number of carbonyl (C=O) groups is 2. The summed E-state index contributed by atoms with van der Waals surface area (Å²) in [4.78, 5) is 22.2. The van der Waals surface area contributed by atoms with Gasteiger partial charge in [0.1, 0.15) is 6.04 Å². The average Bonchev–Trinajstić information content (AvgIpc) is 2.32. The third-order valence-electron chi connectivity index (χ3n) is 1.83. The van der Waals surface area contributed by atoms with E-state index in [-0.39, 0.29) is 0 Å². The third kappa shape index (κ3) is 1.42. The smallest absolute Gasteiger partial charge is 0.407 e. The van der Waals surface area contributed by atoms with Crippen molar-refractivity contribution in [1.29, 1.82) is 0 Å². The van der Waals surface area contributed by atoms with Gasteiger partial charge in [-0.05, 0) is 12.8 Å². The van der Waals surface area contributed by atoms with Crippen LogP contribution in [0.5, 0.6) is 0 Å². The summed E-state index contributed by atoms with van der Waals surface area (Å²) in [6.45, 7) is 0.420. The van der Waals surface area contributed by atoms with Crippen LogP contribution in [0.15, 0.2) is 0 Å². The van der Waals surface area contributed by atoms with Gasteiger partial charge in [-0.2, -0.15) is 0 Å². The molecule has 1 fully saturated rings. The SMILES string of the molecule is NC(=O)[C@H]1CCCN1C(=O)O. The fraction of sp³-hybridized carbons (Fsp3) is 0.667. The van der Waals surface area contributed by atoms with Gasteiger partial charge in [0.25, 0.3) is 0 Å². The molecule has 1 atom stereocenters. The van der Waals surface area contributed by atoms with Gasteiger partial charge < -0.3 is 10.8 Å². The Morgan fingerprint density at radius 1 is 1.55 bits per heavy atom. The van der Waals surface area contributed by atoms with E-state index in [1.165, 1.54) is 0 Å². The zero-order valence-corrected chi connectivity index (χ0v) is 5.99. The van der Waals surface area contributed by atoms with Crippen LogP contribution in [0.25, 0.3) is 0 Å². The van der Waals surface area contributed by atoms with Gasteiger partial charge in [-0.25, -0.2) is 4.79 Å². The second-order valence-electron chi connectivity index (χ2n) is 2.54. The van der Waals surface area contributed by atoms with Crippen LogP contribution in [0.3, 0.4) is 0 Å². The molecule has 0 aromatic rings. The minimum Gasteiger partial charge on any atom is -0.465 e. The molecule has 0 spiro atoms. The van der Waals surface area contributed by atoms with Crippen molar-refractivity contribution >= 4 is 12.0 Å². The van der Waals surface area contributed by atoms with E-state index in [4.69, 9.17) is 10.8 Å². The Bertz CT molecular complexity index is 172. The lowest BCUT2D eigenvalue weighted by molar-refractivity contribution is -0.121. The number of rotatable bonds is 1. The van der Waals surface area contributed by atoms with E-state index in [0.29, 0.717) is 13.0 Å². The third-order valence-corrected chi connectivity index (χ3v) is 1.83. The molecule has 0 aromatic carbocycles. The van der Waals surface area contributed by atoms with Crippen LogP contribution in [0.1, 0.15) is 12.8 Å². The highest BCUT2D eigenvalue weighted by Gasteiger charge is 2.32. The Kier molecular flexibility index (Phi) is 1.98. The lowest BCUT2D eigenvalue weighted by Gasteiger charge is -2.17. The number of nitrogens with two attached hydrogens (primary N) is 1. The lowest BCUT2D eigenvalue weighted by Crippen LogP contribution is -2.42. The van der Waals surface area contributed by atoms with Crippen LogP contribution < -0.4 is 5.73 Å². The molecule has 0 aromatic heterocycles. The minimum atomic E-state index is -1.06. The quantitative estimate of drug-likeness (QED) is 0.545. The van der Waals surface area contributed by atoms with Gasteiger partial charge in [0, 0.05) is 6.54 Å². The molecule has 62 valence electrons. The minimum absolute atomic E-state index is 0.420. The van der Waals surface area contributed by atoms with Crippen LogP contribution in [-0.2, 0) is 4.79 Å². The van der Waals surface area contributed by atoms with E-state index in [0.717, 1.165) is 11.3 Å². The second kappa shape index (κ2) is 2.77. The number of primary amides is 1. The Hall–Kier alpha value is -1.26. The van der Waals surface area contributed by atoms with E-state index < -0.39 is 18.0 Å². The van der Waals surface area contributed by atoms with Gasteiger partial charge in [-0.3, -0.25) is 9.69 Å². The van der Waals surface area contributed by atoms with Crippen molar-refractivity contribution in [3.8, 4) is 0 Å². The van der Waals surface area contributed by atoms with Crippen LogP contribution in [-0.4, -0.2) is 34.6 Å². The number of amides is 2. The number of hydrogen-bond acceptors (Lipinski definition) is 2. The summed E-state index contributed by atoms with van der Waals surface area (Å²) in [7, 11) is 0. The summed E-state index contributed by atoms with van der Waals surface area (Å²) in [5, 5.41) is 8.55. The van der Waals surface area contributed by atoms with Crippen LogP contribution in [0.4, 0.5) is 4.79 Å². The van der Waals surface area contributed by atoms with E-state index in [2.05, 4.69) is 0 Å². The highest BCUT2D eigenvalue weighted by atomic mass is 16.4. The fourth-order valence-corrected chi connectivity index (χ4v) is 1.29. The zero-order chi connectivity index (χ0) is 8.43. The number of hydrogen-bond donors (Lipinski definition) is 2. The summed E-state index contributed by atoms with van der Waals surface area (Å²) in [5.41, 5.74) is 4.98. The molecular weight excluding hydrogens is 148 g/mol. The molecule has 0 radical (unpaired) electrons. The molecule has 1 heterocycles. The van der Waals surface area contributed by atoms with Gasteiger partial charge in [-0.15, -0.1) is 0 Å². The lowest BCUT2D eigenvalue weighted by atomic mass is 10.2. The number of nitrogens with zero attached hydrogens (tertiary/aromatic N) is 1. The summed E-state index contributed by atoms with van der Waals surface area (Å²) in [6, 6.07) is -0.604. The van der Waals surface area contributed by atoms with Crippen molar-refractivity contribution in [2.75, 3.05) is 6.54 Å². The van der Waals surface area contributed by atoms with Crippen molar-refractivity contribution in [2.45, 2.75) is 18.9 Å². The van der Waals surface area contributed by atoms with E-state index in [1.54, 1.807) is 0 Å². The molecule has 11 heavy (non-hydrogen) atoms. The first-order chi connectivity index (χ1) is 5.13. The molecule has 2 amide bonds. The van der Waals surface area contributed by atoms with Crippen LogP contribution >= 0.6 is 0 Å². The first-order valence-corrected chi connectivity index (χ1v) is 3.42. The average molecular weight is 158 g/mol. The predicted molar refractivity (Wildman–Crippen MR) is 36.9 cm³/mol. The van der Waals surface area contributed by atoms with Gasteiger partial charge in [-0.1, -0.05) is 0 Å². The molecule has 1 aliphatic heterocycles. The number of carboxylic acid groups (broad SMARTS) is 1. The van der Waals surface area contributed by atoms with Crippen molar-refractivity contribution in [1.82, 2.24) is 4.90 Å². The van der Waals surface area contributed by atoms with Crippen molar-refractivity contribution in [2.24, 2.45) is 5.73 Å². The second-order valence-corrected chi connectivity index (χ2v) is 2.54. The molecular formula is C6H10N2O3. The van der Waals surface area contributed by atoms with Crippen molar-refractivity contribution in [3.05, 3.63) is 0 Å². The number of carbonyl (C=O) groups excluding carboxylic acids is 1. The summed E-state index contributed by atoms with van der Waals surface area (Å²) >= 11 is 0. The molecule has 5 heteroatoms. The summed E-state index contributed by atoms with van der Waals surface area (Å²) < 4.78 is 0. The maximum absolute atomic E-state index is 10.6. The van der Waals surface area contributed by atoms with E-state index in [9.17, 15) is 9.59 Å². The molecule has 0 aliphatic carbocycles. The molecule has 0 saturated carbocycles. The van der Waals surface area contributed by atoms with Crippen LogP contribution in [0.2, 0.25) is 0 Å². The molecule has 1 saturated heterocycles. The van der Waals surface area contributed by atoms with Gasteiger partial charge in [0.15, 0.2) is 0 Å². The number of likely N-dealkylation sites (tertiary alicyclic amines) is 1. The first kappa shape index (κ1) is 7.84. The molecule has 5 nitrogen and oxygen atoms in total. The Morgan fingerprint density at radius 2 is 2.18 bits per heavy atom. The maximum atomic E-state index is 10.6.